The van der Waals surface area contributed by atoms with Gasteiger partial charge in [0, 0.05) is 11.3 Å². The van der Waals surface area contributed by atoms with E-state index < -0.39 is 0 Å². The molecule has 1 aromatic carbocycles. The van der Waals surface area contributed by atoms with Gasteiger partial charge in [-0.05, 0) is 0 Å². The first kappa shape index (κ1) is 13.8. The molecule has 0 spiro atoms. The number of ketones is 1. The van der Waals surface area contributed by atoms with Crippen molar-refractivity contribution in [2.75, 3.05) is 18.1 Å². The highest BCUT2D eigenvalue weighted by atomic mass is 79.9. The van der Waals surface area contributed by atoms with Gasteiger partial charge in [0.15, 0.2) is 5.78 Å². The van der Waals surface area contributed by atoms with Crippen molar-refractivity contribution in [2.45, 2.75) is 0 Å². The molecule has 5 heteroatoms. The standard InChI is InChI=1S/C11H11NOS2.BrH/c13-10(9-4-2-1-3-5-9)8-15-11-12-6-7-14-11;/h1-5H,6-8H2;1H. The zero-order valence-corrected chi connectivity index (χ0v) is 11.9. The molecule has 2 rings (SSSR count). The summed E-state index contributed by atoms with van der Waals surface area (Å²) >= 11 is 3.29. The van der Waals surface area contributed by atoms with E-state index in [9.17, 15) is 4.79 Å². The van der Waals surface area contributed by atoms with Gasteiger partial charge in [0.1, 0.15) is 4.38 Å². The summed E-state index contributed by atoms with van der Waals surface area (Å²) < 4.78 is 1.05. The maximum atomic E-state index is 11.7. The highest BCUT2D eigenvalue weighted by Crippen LogP contribution is 2.22. The largest absolute Gasteiger partial charge is 0.293 e. The van der Waals surface area contributed by atoms with E-state index in [2.05, 4.69) is 4.99 Å². The molecule has 0 aliphatic carbocycles. The van der Waals surface area contributed by atoms with Crippen molar-refractivity contribution in [1.29, 1.82) is 0 Å². The first-order chi connectivity index (χ1) is 7.36. The van der Waals surface area contributed by atoms with Gasteiger partial charge in [-0.1, -0.05) is 53.9 Å². The molecule has 0 bridgehead atoms. The lowest BCUT2D eigenvalue weighted by Gasteiger charge is -1.99. The highest BCUT2D eigenvalue weighted by molar-refractivity contribution is 8.93. The number of halogens is 1. The molecular weight excluding hydrogens is 306 g/mol. The van der Waals surface area contributed by atoms with Gasteiger partial charge < -0.3 is 0 Å². The number of hydrogen-bond acceptors (Lipinski definition) is 4. The topological polar surface area (TPSA) is 29.4 Å². The molecule has 0 saturated heterocycles. The quantitative estimate of drug-likeness (QED) is 0.801. The summed E-state index contributed by atoms with van der Waals surface area (Å²) in [6.45, 7) is 0.895. The number of nitrogens with zero attached hydrogens (tertiary/aromatic N) is 1. The molecule has 86 valence electrons. The summed E-state index contributed by atoms with van der Waals surface area (Å²) in [7, 11) is 0. The lowest BCUT2D eigenvalue weighted by Crippen LogP contribution is -2.03. The van der Waals surface area contributed by atoms with E-state index >= 15 is 0 Å². The molecule has 1 aliphatic rings. The minimum atomic E-state index is 0. The van der Waals surface area contributed by atoms with Crippen molar-refractivity contribution in [1.82, 2.24) is 0 Å². The van der Waals surface area contributed by atoms with Crippen LogP contribution in [0.1, 0.15) is 10.4 Å². The van der Waals surface area contributed by atoms with E-state index in [1.54, 1.807) is 23.5 Å². The molecule has 0 aromatic heterocycles. The Morgan fingerprint density at radius 2 is 2.12 bits per heavy atom. The third-order valence-corrected chi connectivity index (χ3v) is 4.23. The van der Waals surface area contributed by atoms with Crippen LogP contribution in [-0.4, -0.2) is 28.2 Å². The fourth-order valence-electron chi connectivity index (χ4n) is 1.24. The summed E-state index contributed by atoms with van der Waals surface area (Å²) in [5.74, 6) is 1.73. The summed E-state index contributed by atoms with van der Waals surface area (Å²) in [5, 5.41) is 0. The number of Topliss-reactive ketones (excluding diaryl/α,β-unsaturated/α-hetero) is 1. The van der Waals surface area contributed by atoms with E-state index in [-0.39, 0.29) is 22.8 Å². The molecule has 0 unspecified atom stereocenters. The van der Waals surface area contributed by atoms with Crippen molar-refractivity contribution in [3.05, 3.63) is 35.9 Å². The normalized spacial score (nSPS) is 14.1. The Labute approximate surface area is 114 Å². The van der Waals surface area contributed by atoms with Crippen LogP contribution in [0.15, 0.2) is 35.3 Å². The fourth-order valence-corrected chi connectivity index (χ4v) is 3.14. The molecule has 1 heterocycles. The summed E-state index contributed by atoms with van der Waals surface area (Å²) in [4.78, 5) is 16.0. The van der Waals surface area contributed by atoms with Crippen molar-refractivity contribution in [2.24, 2.45) is 4.99 Å². The van der Waals surface area contributed by atoms with Crippen LogP contribution in [0.4, 0.5) is 0 Å². The molecule has 16 heavy (non-hydrogen) atoms. The van der Waals surface area contributed by atoms with E-state index in [0.717, 1.165) is 22.2 Å². The van der Waals surface area contributed by atoms with Gasteiger partial charge in [-0.3, -0.25) is 9.79 Å². The Morgan fingerprint density at radius 1 is 1.38 bits per heavy atom. The van der Waals surface area contributed by atoms with E-state index in [1.807, 2.05) is 30.3 Å². The second-order valence-electron chi connectivity index (χ2n) is 3.07. The maximum absolute atomic E-state index is 11.7. The number of thioether (sulfide) groups is 2. The third-order valence-electron chi connectivity index (χ3n) is 1.98. The summed E-state index contributed by atoms with van der Waals surface area (Å²) in [6, 6.07) is 9.40. The number of rotatable bonds is 3. The molecule has 1 aromatic rings. The molecule has 0 amide bonds. The van der Waals surface area contributed by atoms with Crippen LogP contribution in [0.2, 0.25) is 0 Å². The van der Waals surface area contributed by atoms with Crippen molar-refractivity contribution >= 4 is 50.7 Å². The molecule has 2 nitrogen and oxygen atoms in total. The fraction of sp³-hybridized carbons (Fsp3) is 0.273. The lowest BCUT2D eigenvalue weighted by molar-refractivity contribution is 0.102. The molecular formula is C11H12BrNOS2. The van der Waals surface area contributed by atoms with Crippen molar-refractivity contribution < 1.29 is 4.79 Å². The molecule has 0 N–H and O–H groups in total. The number of carbonyl (C=O) groups is 1. The zero-order valence-electron chi connectivity index (χ0n) is 8.59. The van der Waals surface area contributed by atoms with Gasteiger partial charge in [0.2, 0.25) is 0 Å². The van der Waals surface area contributed by atoms with E-state index in [0.29, 0.717) is 5.75 Å². The Bertz CT molecular complexity index is 381. The Morgan fingerprint density at radius 3 is 2.75 bits per heavy atom. The Hall–Kier alpha value is -0.260. The van der Waals surface area contributed by atoms with Crippen LogP contribution in [0.25, 0.3) is 0 Å². The van der Waals surface area contributed by atoms with Crippen LogP contribution in [0, 0.1) is 0 Å². The first-order valence-electron chi connectivity index (χ1n) is 4.74. The van der Waals surface area contributed by atoms with Gasteiger partial charge in [0.05, 0.1) is 12.3 Å². The summed E-state index contributed by atoms with van der Waals surface area (Å²) in [5.41, 5.74) is 0.786. The third kappa shape index (κ3) is 3.96. The van der Waals surface area contributed by atoms with Crippen LogP contribution in [-0.2, 0) is 0 Å². The van der Waals surface area contributed by atoms with Crippen LogP contribution in [0.3, 0.4) is 0 Å². The second kappa shape index (κ2) is 7.14. The smallest absolute Gasteiger partial charge is 0.173 e. The van der Waals surface area contributed by atoms with Gasteiger partial charge >= 0.3 is 0 Å². The van der Waals surface area contributed by atoms with Crippen LogP contribution < -0.4 is 0 Å². The SMILES string of the molecule is Br.O=C(CSC1=NCCS1)c1ccccc1. The minimum absolute atomic E-state index is 0. The second-order valence-corrected chi connectivity index (χ2v) is 5.38. The van der Waals surface area contributed by atoms with Crippen molar-refractivity contribution in [3.8, 4) is 0 Å². The monoisotopic (exact) mass is 317 g/mol. The number of hydrogen-bond donors (Lipinski definition) is 0. The molecule has 0 fully saturated rings. The van der Waals surface area contributed by atoms with Crippen LogP contribution >= 0.6 is 40.5 Å². The Kier molecular flexibility index (Phi) is 6.16. The van der Waals surface area contributed by atoms with Crippen molar-refractivity contribution in [3.63, 3.8) is 0 Å². The van der Waals surface area contributed by atoms with Gasteiger partial charge in [-0.2, -0.15) is 0 Å². The van der Waals surface area contributed by atoms with Crippen LogP contribution in [0.5, 0.6) is 0 Å². The zero-order chi connectivity index (χ0) is 10.5. The minimum Gasteiger partial charge on any atom is -0.293 e. The number of aliphatic imine (C=N–C) groups is 1. The summed E-state index contributed by atoms with van der Waals surface area (Å²) in [6.07, 6.45) is 0. The maximum Gasteiger partial charge on any atom is 0.173 e. The predicted molar refractivity (Wildman–Crippen MR) is 78.3 cm³/mol. The number of carbonyl (C=O) groups excluding carboxylic acids is 1. The van der Waals surface area contributed by atoms with Gasteiger partial charge in [-0.15, -0.1) is 17.0 Å². The Balaban J connectivity index is 0.00000128. The molecule has 0 radical (unpaired) electrons. The van der Waals surface area contributed by atoms with E-state index in [4.69, 9.17) is 0 Å². The molecule has 0 saturated carbocycles. The average Bonchev–Trinajstić information content (AvgIpc) is 2.80. The number of benzene rings is 1. The molecule has 0 atom stereocenters. The van der Waals surface area contributed by atoms with E-state index in [1.165, 1.54) is 0 Å². The lowest BCUT2D eigenvalue weighted by atomic mass is 10.2. The van der Waals surface area contributed by atoms with Gasteiger partial charge in [0.25, 0.3) is 0 Å². The predicted octanol–water partition coefficient (Wildman–Crippen LogP) is 3.28. The molecule has 1 aliphatic heterocycles. The first-order valence-corrected chi connectivity index (χ1v) is 6.71. The highest BCUT2D eigenvalue weighted by Gasteiger charge is 2.11. The average molecular weight is 318 g/mol. The van der Waals surface area contributed by atoms with Gasteiger partial charge in [-0.25, -0.2) is 0 Å².